The Morgan fingerprint density at radius 2 is 2.29 bits per heavy atom. The summed E-state index contributed by atoms with van der Waals surface area (Å²) in [6.07, 6.45) is 4.74. The van der Waals surface area contributed by atoms with Gasteiger partial charge in [0, 0.05) is 0 Å². The summed E-state index contributed by atoms with van der Waals surface area (Å²) in [4.78, 5) is 0. The predicted octanol–water partition coefficient (Wildman–Crippen LogP) is 3.09. The Bertz CT molecular complexity index is 317. The molecule has 5 heteroatoms. The van der Waals surface area contributed by atoms with Crippen molar-refractivity contribution in [2.45, 2.75) is 50.8 Å². The highest BCUT2D eigenvalue weighted by molar-refractivity contribution is 7.99. The second-order valence-electron chi connectivity index (χ2n) is 4.35. The molecule has 0 radical (unpaired) electrons. The molecule has 2 unspecified atom stereocenters. The monoisotopic (exact) mass is 255 g/mol. The maximum atomic E-state index is 5.82. The van der Waals surface area contributed by atoms with Gasteiger partial charge in [-0.2, -0.15) is 0 Å². The topological polar surface area (TPSA) is 51.0 Å². The first kappa shape index (κ1) is 12.9. The Morgan fingerprint density at radius 3 is 2.94 bits per heavy atom. The molecule has 1 aromatic rings. The molecule has 1 saturated heterocycles. The van der Waals surface area contributed by atoms with Gasteiger partial charge in [0.05, 0.1) is 11.3 Å². The van der Waals surface area contributed by atoms with Crippen molar-refractivity contribution in [2.75, 3.05) is 12.3 Å². The number of aromatic nitrogens is 2. The Balaban J connectivity index is 2.03. The van der Waals surface area contributed by atoms with E-state index in [4.69, 9.17) is 4.42 Å². The molecule has 0 saturated carbocycles. The number of nitrogens with one attached hydrogen (secondary N) is 1. The third kappa shape index (κ3) is 3.22. The number of hydrogen-bond acceptors (Lipinski definition) is 5. The second kappa shape index (κ2) is 6.40. The van der Waals surface area contributed by atoms with E-state index in [0.29, 0.717) is 5.25 Å². The minimum Gasteiger partial charge on any atom is -0.422 e. The van der Waals surface area contributed by atoms with Crippen LogP contribution in [-0.2, 0) is 0 Å². The molecule has 1 fully saturated rings. The number of nitrogens with zero attached hydrogens (tertiary/aromatic N) is 2. The van der Waals surface area contributed by atoms with E-state index in [1.807, 2.05) is 11.8 Å². The molecule has 1 N–H and O–H groups in total. The Labute approximate surface area is 107 Å². The lowest BCUT2D eigenvalue weighted by Crippen LogP contribution is -2.20. The highest BCUT2D eigenvalue weighted by Crippen LogP contribution is 2.37. The zero-order valence-corrected chi connectivity index (χ0v) is 11.4. The standard InChI is InChI=1S/C12H21N3OS/c1-3-9(13-4-2)11-14-15-12(16-11)10-7-5-6-8-17-10/h9-10,13H,3-8H2,1-2H3. The Hall–Kier alpha value is -0.550. The molecule has 2 atom stereocenters. The smallest absolute Gasteiger partial charge is 0.233 e. The molecule has 0 spiro atoms. The molecule has 1 aliphatic heterocycles. The average molecular weight is 255 g/mol. The van der Waals surface area contributed by atoms with Gasteiger partial charge in [-0.05, 0) is 31.6 Å². The van der Waals surface area contributed by atoms with Crippen molar-refractivity contribution < 1.29 is 4.42 Å². The summed E-state index contributed by atoms with van der Waals surface area (Å²) in [6.45, 7) is 5.15. The van der Waals surface area contributed by atoms with Crippen molar-refractivity contribution in [1.29, 1.82) is 0 Å². The molecule has 17 heavy (non-hydrogen) atoms. The van der Waals surface area contributed by atoms with Crippen LogP contribution in [0.3, 0.4) is 0 Å². The largest absolute Gasteiger partial charge is 0.422 e. The molecule has 0 aromatic carbocycles. The molecule has 0 aliphatic carbocycles. The zero-order valence-electron chi connectivity index (χ0n) is 10.6. The zero-order chi connectivity index (χ0) is 12.1. The quantitative estimate of drug-likeness (QED) is 0.876. The van der Waals surface area contributed by atoms with Crippen LogP contribution in [0, 0.1) is 0 Å². The lowest BCUT2D eigenvalue weighted by molar-refractivity contribution is 0.371. The fourth-order valence-corrected chi connectivity index (χ4v) is 3.33. The predicted molar refractivity (Wildman–Crippen MR) is 70.1 cm³/mol. The SMILES string of the molecule is CCNC(CC)c1nnc(C2CCCCS2)o1. The van der Waals surface area contributed by atoms with Crippen molar-refractivity contribution in [1.82, 2.24) is 15.5 Å². The van der Waals surface area contributed by atoms with Crippen LogP contribution in [-0.4, -0.2) is 22.5 Å². The number of rotatable bonds is 5. The van der Waals surface area contributed by atoms with E-state index in [2.05, 4.69) is 29.4 Å². The summed E-state index contributed by atoms with van der Waals surface area (Å²) < 4.78 is 5.82. The van der Waals surface area contributed by atoms with Gasteiger partial charge < -0.3 is 9.73 Å². The van der Waals surface area contributed by atoms with Gasteiger partial charge in [0.2, 0.25) is 11.8 Å². The maximum Gasteiger partial charge on any atom is 0.233 e. The van der Waals surface area contributed by atoms with Gasteiger partial charge in [-0.1, -0.05) is 20.3 Å². The summed E-state index contributed by atoms with van der Waals surface area (Å²) >= 11 is 1.95. The molecule has 0 amide bonds. The van der Waals surface area contributed by atoms with E-state index in [-0.39, 0.29) is 6.04 Å². The minimum absolute atomic E-state index is 0.204. The molecule has 96 valence electrons. The molecular weight excluding hydrogens is 234 g/mol. The van der Waals surface area contributed by atoms with Crippen LogP contribution in [0.5, 0.6) is 0 Å². The maximum absolute atomic E-state index is 5.82. The van der Waals surface area contributed by atoms with Gasteiger partial charge in [-0.15, -0.1) is 22.0 Å². The molecule has 4 nitrogen and oxygen atoms in total. The number of hydrogen-bond donors (Lipinski definition) is 1. The van der Waals surface area contributed by atoms with Crippen molar-refractivity contribution in [3.05, 3.63) is 11.8 Å². The third-order valence-electron chi connectivity index (χ3n) is 3.07. The van der Waals surface area contributed by atoms with Crippen molar-refractivity contribution in [3.8, 4) is 0 Å². The second-order valence-corrected chi connectivity index (χ2v) is 5.66. The van der Waals surface area contributed by atoms with Gasteiger partial charge >= 0.3 is 0 Å². The highest BCUT2D eigenvalue weighted by atomic mass is 32.2. The van der Waals surface area contributed by atoms with Crippen LogP contribution in [0.4, 0.5) is 0 Å². The van der Waals surface area contributed by atoms with Crippen molar-refractivity contribution in [3.63, 3.8) is 0 Å². The average Bonchev–Trinajstić information content (AvgIpc) is 2.86. The van der Waals surface area contributed by atoms with E-state index in [1.165, 1.54) is 25.0 Å². The van der Waals surface area contributed by atoms with Gasteiger partial charge in [0.25, 0.3) is 0 Å². The van der Waals surface area contributed by atoms with E-state index < -0.39 is 0 Å². The van der Waals surface area contributed by atoms with Crippen LogP contribution in [0.25, 0.3) is 0 Å². The summed E-state index contributed by atoms with van der Waals surface area (Å²) in [5.74, 6) is 2.78. The van der Waals surface area contributed by atoms with E-state index in [0.717, 1.165) is 24.7 Å². The van der Waals surface area contributed by atoms with Gasteiger partial charge in [-0.3, -0.25) is 0 Å². The summed E-state index contributed by atoms with van der Waals surface area (Å²) in [7, 11) is 0. The molecular formula is C12H21N3OS. The van der Waals surface area contributed by atoms with Crippen LogP contribution in [0.2, 0.25) is 0 Å². The first-order valence-electron chi connectivity index (χ1n) is 6.53. The van der Waals surface area contributed by atoms with Gasteiger partial charge in [0.1, 0.15) is 0 Å². The minimum atomic E-state index is 0.204. The fraction of sp³-hybridized carbons (Fsp3) is 0.833. The van der Waals surface area contributed by atoms with Crippen LogP contribution in [0.1, 0.15) is 62.6 Å². The van der Waals surface area contributed by atoms with Gasteiger partial charge in [-0.25, -0.2) is 0 Å². The van der Waals surface area contributed by atoms with Crippen molar-refractivity contribution in [2.24, 2.45) is 0 Å². The van der Waals surface area contributed by atoms with Crippen molar-refractivity contribution >= 4 is 11.8 Å². The molecule has 0 bridgehead atoms. The van der Waals surface area contributed by atoms with E-state index in [1.54, 1.807) is 0 Å². The first-order chi connectivity index (χ1) is 8.35. The number of thioether (sulfide) groups is 1. The summed E-state index contributed by atoms with van der Waals surface area (Å²) in [5.41, 5.74) is 0. The molecule has 1 aliphatic rings. The van der Waals surface area contributed by atoms with E-state index in [9.17, 15) is 0 Å². The molecule has 2 rings (SSSR count). The van der Waals surface area contributed by atoms with Crippen LogP contribution in [0.15, 0.2) is 4.42 Å². The van der Waals surface area contributed by atoms with Gasteiger partial charge in [0.15, 0.2) is 0 Å². The third-order valence-corrected chi connectivity index (χ3v) is 4.43. The highest BCUT2D eigenvalue weighted by Gasteiger charge is 2.23. The summed E-state index contributed by atoms with van der Waals surface area (Å²) in [6, 6.07) is 0.204. The lowest BCUT2D eigenvalue weighted by atomic mass is 10.2. The lowest BCUT2D eigenvalue weighted by Gasteiger charge is -2.17. The summed E-state index contributed by atoms with van der Waals surface area (Å²) in [5, 5.41) is 12.2. The Morgan fingerprint density at radius 1 is 1.41 bits per heavy atom. The van der Waals surface area contributed by atoms with Crippen LogP contribution < -0.4 is 5.32 Å². The first-order valence-corrected chi connectivity index (χ1v) is 7.58. The van der Waals surface area contributed by atoms with Crippen LogP contribution >= 0.6 is 11.8 Å². The van der Waals surface area contributed by atoms with E-state index >= 15 is 0 Å². The normalized spacial score (nSPS) is 22.6. The molecule has 2 heterocycles. The Kier molecular flexibility index (Phi) is 4.86. The molecule has 1 aromatic heterocycles. The fourth-order valence-electron chi connectivity index (χ4n) is 2.11.